The largest absolute Gasteiger partial charge is 0.243 e. The molecule has 0 radical (unpaired) electrons. The lowest BCUT2D eigenvalue weighted by molar-refractivity contribution is 0.342. The van der Waals surface area contributed by atoms with E-state index in [9.17, 15) is 4.39 Å². The van der Waals surface area contributed by atoms with Crippen molar-refractivity contribution in [2.45, 2.75) is 33.9 Å². The van der Waals surface area contributed by atoms with Gasteiger partial charge in [0.15, 0.2) is 0 Å². The second-order valence-electron chi connectivity index (χ2n) is 3.39. The molecule has 0 rings (SSSR count). The van der Waals surface area contributed by atoms with Gasteiger partial charge in [0.25, 0.3) is 0 Å². The Bertz CT molecular complexity index is 106. The van der Waals surface area contributed by atoms with E-state index in [1.165, 1.54) is 6.92 Å². The van der Waals surface area contributed by atoms with Crippen LogP contribution in [0.5, 0.6) is 0 Å². The van der Waals surface area contributed by atoms with Crippen LogP contribution in [0.4, 0.5) is 4.39 Å². The minimum absolute atomic E-state index is 0.0891. The standard InChI is InChI=1S/C8H15F/c1-6(7(2)9)8(3,4)5/h7H,1H2,2-5H3. The highest BCUT2D eigenvalue weighted by Crippen LogP contribution is 2.27. The predicted octanol–water partition coefficient (Wildman–Crippen LogP) is 2.95. The van der Waals surface area contributed by atoms with Crippen molar-refractivity contribution in [3.63, 3.8) is 0 Å². The first-order valence-electron chi connectivity index (χ1n) is 3.19. The van der Waals surface area contributed by atoms with Crippen molar-refractivity contribution in [3.05, 3.63) is 12.2 Å². The van der Waals surface area contributed by atoms with Crippen molar-refractivity contribution < 1.29 is 4.39 Å². The van der Waals surface area contributed by atoms with Gasteiger partial charge in [0, 0.05) is 0 Å². The molecule has 0 bridgehead atoms. The molecule has 0 aromatic heterocycles. The van der Waals surface area contributed by atoms with Crippen LogP contribution < -0.4 is 0 Å². The Hall–Kier alpha value is -0.330. The summed E-state index contributed by atoms with van der Waals surface area (Å²) in [5.74, 6) is 0. The van der Waals surface area contributed by atoms with Gasteiger partial charge in [0.1, 0.15) is 6.17 Å². The van der Waals surface area contributed by atoms with Gasteiger partial charge < -0.3 is 0 Å². The molecule has 0 nitrogen and oxygen atoms in total. The summed E-state index contributed by atoms with van der Waals surface area (Å²) < 4.78 is 12.5. The van der Waals surface area contributed by atoms with Gasteiger partial charge in [-0.05, 0) is 17.9 Å². The average Bonchev–Trinajstić information content (AvgIpc) is 1.62. The zero-order chi connectivity index (χ0) is 7.65. The number of allylic oxidation sites excluding steroid dienone is 1. The summed E-state index contributed by atoms with van der Waals surface area (Å²) >= 11 is 0. The molecule has 54 valence electrons. The van der Waals surface area contributed by atoms with Gasteiger partial charge in [-0.15, -0.1) is 0 Å². The molecule has 0 heterocycles. The Kier molecular flexibility index (Phi) is 2.41. The van der Waals surface area contributed by atoms with Crippen molar-refractivity contribution in [2.75, 3.05) is 0 Å². The van der Waals surface area contributed by atoms with Gasteiger partial charge in [-0.2, -0.15) is 0 Å². The summed E-state index contributed by atoms with van der Waals surface area (Å²) in [6, 6.07) is 0. The minimum Gasteiger partial charge on any atom is -0.243 e. The maximum atomic E-state index is 12.5. The Balaban J connectivity index is 4.06. The fourth-order valence-corrected chi connectivity index (χ4v) is 0.597. The summed E-state index contributed by atoms with van der Waals surface area (Å²) in [6.45, 7) is 11.1. The van der Waals surface area contributed by atoms with E-state index in [4.69, 9.17) is 0 Å². The van der Waals surface area contributed by atoms with Crippen molar-refractivity contribution in [1.29, 1.82) is 0 Å². The molecule has 0 saturated heterocycles. The molecule has 1 atom stereocenters. The van der Waals surface area contributed by atoms with Crippen LogP contribution in [0.3, 0.4) is 0 Å². The molecule has 0 fully saturated rings. The third-order valence-corrected chi connectivity index (χ3v) is 1.44. The fraction of sp³-hybridized carbons (Fsp3) is 0.750. The lowest BCUT2D eigenvalue weighted by Crippen LogP contribution is -2.15. The quantitative estimate of drug-likeness (QED) is 0.479. The van der Waals surface area contributed by atoms with Gasteiger partial charge in [0.05, 0.1) is 0 Å². The van der Waals surface area contributed by atoms with Crippen LogP contribution in [-0.2, 0) is 0 Å². The average molecular weight is 130 g/mol. The molecule has 0 aliphatic heterocycles. The molecular formula is C8H15F. The summed E-state index contributed by atoms with van der Waals surface area (Å²) in [5.41, 5.74) is 0.580. The Morgan fingerprint density at radius 1 is 1.44 bits per heavy atom. The van der Waals surface area contributed by atoms with Gasteiger partial charge in [-0.1, -0.05) is 27.4 Å². The number of halogens is 1. The van der Waals surface area contributed by atoms with Crippen molar-refractivity contribution >= 4 is 0 Å². The maximum absolute atomic E-state index is 12.5. The Morgan fingerprint density at radius 2 is 1.78 bits per heavy atom. The zero-order valence-corrected chi connectivity index (χ0v) is 6.66. The highest BCUT2D eigenvalue weighted by molar-refractivity contribution is 5.09. The van der Waals surface area contributed by atoms with Gasteiger partial charge in [-0.3, -0.25) is 0 Å². The molecule has 1 heteroatoms. The van der Waals surface area contributed by atoms with E-state index in [-0.39, 0.29) is 5.41 Å². The minimum atomic E-state index is -0.884. The Morgan fingerprint density at radius 3 is 1.78 bits per heavy atom. The van der Waals surface area contributed by atoms with Gasteiger partial charge in [-0.25, -0.2) is 4.39 Å². The maximum Gasteiger partial charge on any atom is 0.119 e. The highest BCUT2D eigenvalue weighted by Gasteiger charge is 2.19. The van der Waals surface area contributed by atoms with Crippen LogP contribution in [0.1, 0.15) is 27.7 Å². The van der Waals surface area contributed by atoms with Crippen LogP contribution in [-0.4, -0.2) is 6.17 Å². The second-order valence-corrected chi connectivity index (χ2v) is 3.39. The third kappa shape index (κ3) is 2.64. The highest BCUT2D eigenvalue weighted by atomic mass is 19.1. The third-order valence-electron chi connectivity index (χ3n) is 1.44. The molecular weight excluding hydrogens is 115 g/mol. The van der Waals surface area contributed by atoms with Crippen LogP contribution in [0.25, 0.3) is 0 Å². The van der Waals surface area contributed by atoms with E-state index in [1.54, 1.807) is 0 Å². The molecule has 0 aliphatic carbocycles. The van der Waals surface area contributed by atoms with E-state index >= 15 is 0 Å². The van der Waals surface area contributed by atoms with E-state index in [1.807, 2.05) is 20.8 Å². The lowest BCUT2D eigenvalue weighted by Gasteiger charge is -2.22. The van der Waals surface area contributed by atoms with Gasteiger partial charge >= 0.3 is 0 Å². The van der Waals surface area contributed by atoms with E-state index in [2.05, 4.69) is 6.58 Å². The van der Waals surface area contributed by atoms with Crippen molar-refractivity contribution in [1.82, 2.24) is 0 Å². The summed E-state index contributed by atoms with van der Waals surface area (Å²) in [6.07, 6.45) is -0.884. The van der Waals surface area contributed by atoms with E-state index < -0.39 is 6.17 Å². The van der Waals surface area contributed by atoms with Crippen LogP contribution in [0, 0.1) is 5.41 Å². The number of hydrogen-bond acceptors (Lipinski definition) is 0. The van der Waals surface area contributed by atoms with Crippen molar-refractivity contribution in [2.24, 2.45) is 5.41 Å². The SMILES string of the molecule is C=C(C(C)F)C(C)(C)C. The first-order valence-corrected chi connectivity index (χ1v) is 3.19. The molecule has 0 aliphatic rings. The monoisotopic (exact) mass is 130 g/mol. The first-order chi connectivity index (χ1) is 3.85. The normalized spacial score (nSPS) is 15.2. The predicted molar refractivity (Wildman–Crippen MR) is 39.2 cm³/mol. The molecule has 0 aromatic carbocycles. The van der Waals surface area contributed by atoms with Crippen LogP contribution in [0.15, 0.2) is 12.2 Å². The van der Waals surface area contributed by atoms with Crippen LogP contribution >= 0.6 is 0 Å². The molecule has 9 heavy (non-hydrogen) atoms. The summed E-state index contributed by atoms with van der Waals surface area (Å²) in [5, 5.41) is 0. The van der Waals surface area contributed by atoms with E-state index in [0.717, 1.165) is 0 Å². The molecule has 0 saturated carbocycles. The zero-order valence-electron chi connectivity index (χ0n) is 6.66. The van der Waals surface area contributed by atoms with Crippen molar-refractivity contribution in [3.8, 4) is 0 Å². The summed E-state index contributed by atoms with van der Waals surface area (Å²) in [7, 11) is 0. The Labute approximate surface area is 56.8 Å². The number of alkyl halides is 1. The van der Waals surface area contributed by atoms with E-state index in [0.29, 0.717) is 5.57 Å². The molecule has 1 unspecified atom stereocenters. The smallest absolute Gasteiger partial charge is 0.119 e. The lowest BCUT2D eigenvalue weighted by atomic mass is 9.85. The number of hydrogen-bond donors (Lipinski definition) is 0. The molecule has 0 spiro atoms. The second kappa shape index (κ2) is 2.51. The molecule has 0 N–H and O–H groups in total. The fourth-order valence-electron chi connectivity index (χ4n) is 0.597. The van der Waals surface area contributed by atoms with Crippen LogP contribution in [0.2, 0.25) is 0 Å². The van der Waals surface area contributed by atoms with Gasteiger partial charge in [0.2, 0.25) is 0 Å². The molecule has 0 amide bonds. The molecule has 0 aromatic rings. The first kappa shape index (κ1) is 8.67. The summed E-state index contributed by atoms with van der Waals surface area (Å²) in [4.78, 5) is 0. The topological polar surface area (TPSA) is 0 Å². The number of rotatable bonds is 1.